The third kappa shape index (κ3) is 9.83. The Labute approximate surface area is 191 Å². The molecule has 2 aromatic carbocycles. The number of amides is 1. The Hall–Kier alpha value is -2.60. The molecule has 0 spiro atoms. The molecule has 6 heteroatoms. The number of nitrogens with one attached hydrogen (secondary N) is 2. The van der Waals surface area contributed by atoms with Gasteiger partial charge < -0.3 is 14.8 Å². The number of thiocarbonyl (C=S) groups is 1. The summed E-state index contributed by atoms with van der Waals surface area (Å²) in [5, 5.41) is 5.98. The van der Waals surface area contributed by atoms with Crippen LogP contribution in [0.15, 0.2) is 48.5 Å². The third-order valence-electron chi connectivity index (χ3n) is 4.67. The lowest BCUT2D eigenvalue weighted by Crippen LogP contribution is -2.34. The van der Waals surface area contributed by atoms with E-state index in [0.717, 1.165) is 30.9 Å². The van der Waals surface area contributed by atoms with Crippen molar-refractivity contribution in [3.8, 4) is 11.5 Å². The molecule has 2 aromatic rings. The molecule has 168 valence electrons. The number of rotatable bonds is 12. The summed E-state index contributed by atoms with van der Waals surface area (Å²) >= 11 is 5.28. The summed E-state index contributed by atoms with van der Waals surface area (Å²) in [5.41, 5.74) is 1.28. The van der Waals surface area contributed by atoms with E-state index in [0.29, 0.717) is 23.8 Å². The van der Waals surface area contributed by atoms with Gasteiger partial charge in [0, 0.05) is 11.3 Å². The number of ether oxygens (including phenoxy) is 2. The Balaban J connectivity index is 1.79. The summed E-state index contributed by atoms with van der Waals surface area (Å²) in [6.45, 7) is 7.84. The van der Waals surface area contributed by atoms with Gasteiger partial charge in [0.25, 0.3) is 5.91 Å². The SMILES string of the molecule is CCCCCCOc1ccc(NC(=S)NC(=O)c2cccc(OCCC(C)C)c2)cc1. The summed E-state index contributed by atoms with van der Waals surface area (Å²) in [6, 6.07) is 14.7. The number of hydrogen-bond acceptors (Lipinski definition) is 4. The van der Waals surface area contributed by atoms with Crippen LogP contribution in [-0.4, -0.2) is 24.2 Å². The van der Waals surface area contributed by atoms with Crippen molar-refractivity contribution < 1.29 is 14.3 Å². The molecule has 0 heterocycles. The quantitative estimate of drug-likeness (QED) is 0.303. The van der Waals surface area contributed by atoms with Crippen molar-refractivity contribution in [2.45, 2.75) is 52.9 Å². The summed E-state index contributed by atoms with van der Waals surface area (Å²) in [7, 11) is 0. The zero-order valence-corrected chi connectivity index (χ0v) is 19.6. The van der Waals surface area contributed by atoms with E-state index in [1.54, 1.807) is 18.2 Å². The number of hydrogen-bond donors (Lipinski definition) is 2. The van der Waals surface area contributed by atoms with E-state index in [4.69, 9.17) is 21.7 Å². The van der Waals surface area contributed by atoms with Crippen LogP contribution in [0, 0.1) is 5.92 Å². The van der Waals surface area contributed by atoms with Gasteiger partial charge in [0.1, 0.15) is 11.5 Å². The highest BCUT2D eigenvalue weighted by molar-refractivity contribution is 7.80. The maximum absolute atomic E-state index is 12.5. The van der Waals surface area contributed by atoms with Gasteiger partial charge >= 0.3 is 0 Å². The van der Waals surface area contributed by atoms with Crippen LogP contribution < -0.4 is 20.1 Å². The molecular formula is C25H34N2O3S. The van der Waals surface area contributed by atoms with Crippen LogP contribution in [0.4, 0.5) is 5.69 Å². The van der Waals surface area contributed by atoms with E-state index in [-0.39, 0.29) is 11.0 Å². The maximum atomic E-state index is 12.5. The highest BCUT2D eigenvalue weighted by Gasteiger charge is 2.09. The molecule has 0 saturated carbocycles. The lowest BCUT2D eigenvalue weighted by molar-refractivity contribution is 0.0977. The van der Waals surface area contributed by atoms with Gasteiger partial charge in [0.15, 0.2) is 5.11 Å². The topological polar surface area (TPSA) is 59.6 Å². The molecule has 0 aliphatic heterocycles. The van der Waals surface area contributed by atoms with Gasteiger partial charge in [-0.3, -0.25) is 10.1 Å². The standard InChI is InChI=1S/C25H34N2O3S/c1-4-5-6-7-16-29-22-13-11-21(12-14-22)26-25(31)27-24(28)20-9-8-10-23(18-20)30-17-15-19(2)3/h8-14,18-19H,4-7,15-17H2,1-3H3,(H2,26,27,28,31). The number of benzene rings is 2. The third-order valence-corrected chi connectivity index (χ3v) is 4.87. The van der Waals surface area contributed by atoms with Crippen LogP contribution in [0.3, 0.4) is 0 Å². The summed E-state index contributed by atoms with van der Waals surface area (Å²) in [4.78, 5) is 12.5. The Morgan fingerprint density at radius 3 is 2.42 bits per heavy atom. The molecule has 5 nitrogen and oxygen atoms in total. The molecular weight excluding hydrogens is 408 g/mol. The lowest BCUT2D eigenvalue weighted by atomic mass is 10.1. The molecule has 0 aliphatic rings. The van der Waals surface area contributed by atoms with Crippen LogP contribution in [0.25, 0.3) is 0 Å². The van der Waals surface area contributed by atoms with E-state index < -0.39 is 0 Å². The molecule has 0 bridgehead atoms. The number of carbonyl (C=O) groups is 1. The maximum Gasteiger partial charge on any atom is 0.257 e. The molecule has 0 radical (unpaired) electrons. The molecule has 0 atom stereocenters. The summed E-state index contributed by atoms with van der Waals surface area (Å²) < 4.78 is 11.5. The predicted octanol–water partition coefficient (Wildman–Crippen LogP) is 6.20. The van der Waals surface area contributed by atoms with E-state index in [9.17, 15) is 4.79 Å². The highest BCUT2D eigenvalue weighted by Crippen LogP contribution is 2.17. The summed E-state index contributed by atoms with van der Waals surface area (Å²) in [5.74, 6) is 1.80. The zero-order valence-electron chi connectivity index (χ0n) is 18.8. The average molecular weight is 443 g/mol. The minimum atomic E-state index is -0.279. The first-order valence-corrected chi connectivity index (χ1v) is 11.5. The molecule has 0 fully saturated rings. The van der Waals surface area contributed by atoms with Crippen molar-refractivity contribution >= 4 is 28.9 Å². The van der Waals surface area contributed by atoms with Gasteiger partial charge in [0.2, 0.25) is 0 Å². The average Bonchev–Trinajstić information content (AvgIpc) is 2.74. The molecule has 2 rings (SSSR count). The van der Waals surface area contributed by atoms with Crippen LogP contribution in [0.5, 0.6) is 11.5 Å². The molecule has 0 saturated heterocycles. The van der Waals surface area contributed by atoms with Crippen LogP contribution >= 0.6 is 12.2 Å². The number of unbranched alkanes of at least 4 members (excludes halogenated alkanes) is 3. The van der Waals surface area contributed by atoms with Gasteiger partial charge in [-0.15, -0.1) is 0 Å². The fourth-order valence-electron chi connectivity index (χ4n) is 2.83. The van der Waals surface area contributed by atoms with Gasteiger partial charge in [-0.1, -0.05) is 46.1 Å². The van der Waals surface area contributed by atoms with Crippen molar-refractivity contribution in [3.63, 3.8) is 0 Å². The Morgan fingerprint density at radius 1 is 0.968 bits per heavy atom. The minimum absolute atomic E-state index is 0.240. The van der Waals surface area contributed by atoms with E-state index in [1.807, 2.05) is 30.3 Å². The smallest absolute Gasteiger partial charge is 0.257 e. The van der Waals surface area contributed by atoms with Crippen LogP contribution in [-0.2, 0) is 0 Å². The monoisotopic (exact) mass is 442 g/mol. The number of anilines is 1. The normalized spacial score (nSPS) is 10.6. The molecule has 0 unspecified atom stereocenters. The molecule has 2 N–H and O–H groups in total. The van der Waals surface area contributed by atoms with Crippen LogP contribution in [0.1, 0.15) is 63.2 Å². The van der Waals surface area contributed by atoms with Crippen molar-refractivity contribution in [1.29, 1.82) is 0 Å². The van der Waals surface area contributed by atoms with Crippen molar-refractivity contribution in [1.82, 2.24) is 5.32 Å². The molecule has 1 amide bonds. The second kappa shape index (κ2) is 13.7. The molecule has 31 heavy (non-hydrogen) atoms. The second-order valence-electron chi connectivity index (χ2n) is 7.90. The predicted molar refractivity (Wildman–Crippen MR) is 131 cm³/mol. The van der Waals surface area contributed by atoms with E-state index >= 15 is 0 Å². The van der Waals surface area contributed by atoms with Gasteiger partial charge in [-0.05, 0) is 73.4 Å². The fraction of sp³-hybridized carbons (Fsp3) is 0.440. The van der Waals surface area contributed by atoms with Crippen LogP contribution in [0.2, 0.25) is 0 Å². The Morgan fingerprint density at radius 2 is 1.71 bits per heavy atom. The van der Waals surface area contributed by atoms with Gasteiger partial charge in [0.05, 0.1) is 13.2 Å². The van der Waals surface area contributed by atoms with E-state index in [1.165, 1.54) is 19.3 Å². The first-order chi connectivity index (χ1) is 15.0. The van der Waals surface area contributed by atoms with Crippen molar-refractivity contribution in [2.24, 2.45) is 5.92 Å². The molecule has 0 aromatic heterocycles. The van der Waals surface area contributed by atoms with Crippen molar-refractivity contribution in [3.05, 3.63) is 54.1 Å². The molecule has 0 aliphatic carbocycles. The van der Waals surface area contributed by atoms with Crippen molar-refractivity contribution in [2.75, 3.05) is 18.5 Å². The number of carbonyl (C=O) groups excluding carboxylic acids is 1. The highest BCUT2D eigenvalue weighted by atomic mass is 32.1. The summed E-state index contributed by atoms with van der Waals surface area (Å²) in [6.07, 6.45) is 5.68. The van der Waals surface area contributed by atoms with E-state index in [2.05, 4.69) is 31.4 Å². The lowest BCUT2D eigenvalue weighted by Gasteiger charge is -2.12. The second-order valence-corrected chi connectivity index (χ2v) is 8.31. The zero-order chi connectivity index (χ0) is 22.5. The fourth-order valence-corrected chi connectivity index (χ4v) is 3.04. The Kier molecular flexibility index (Phi) is 10.9. The first-order valence-electron chi connectivity index (χ1n) is 11.1. The first kappa shape index (κ1) is 24.7. The van der Waals surface area contributed by atoms with Gasteiger partial charge in [-0.2, -0.15) is 0 Å². The van der Waals surface area contributed by atoms with Gasteiger partial charge in [-0.25, -0.2) is 0 Å². The largest absolute Gasteiger partial charge is 0.494 e. The Bertz CT molecular complexity index is 822. The minimum Gasteiger partial charge on any atom is -0.494 e.